The molecule has 0 radical (unpaired) electrons. The van der Waals surface area contributed by atoms with Gasteiger partial charge < -0.3 is 5.73 Å². The van der Waals surface area contributed by atoms with Gasteiger partial charge in [-0.3, -0.25) is 9.69 Å². The molecule has 1 aromatic rings. The summed E-state index contributed by atoms with van der Waals surface area (Å²) in [4.78, 5) is 12.8. The first-order valence-corrected chi connectivity index (χ1v) is 4.71. The van der Waals surface area contributed by atoms with E-state index in [0.717, 1.165) is 5.56 Å². The number of halogens is 2. The smallest absolute Gasteiger partial charge is 0.235 e. The van der Waals surface area contributed by atoms with Crippen LogP contribution >= 0.6 is 12.4 Å². The molecular formula is C11H16ClFN2O. The van der Waals surface area contributed by atoms with E-state index in [1.165, 1.54) is 12.1 Å². The molecule has 0 heterocycles. The number of carbonyl (C=O) groups excluding carboxylic acids is 1. The predicted molar refractivity (Wildman–Crippen MR) is 64.0 cm³/mol. The van der Waals surface area contributed by atoms with Crippen LogP contribution in [0.15, 0.2) is 24.3 Å². The molecule has 0 unspecified atom stereocenters. The first-order valence-electron chi connectivity index (χ1n) is 4.71. The quantitative estimate of drug-likeness (QED) is 0.868. The van der Waals surface area contributed by atoms with E-state index < -0.39 is 11.9 Å². The van der Waals surface area contributed by atoms with E-state index in [-0.39, 0.29) is 18.2 Å². The van der Waals surface area contributed by atoms with Crippen molar-refractivity contribution in [3.63, 3.8) is 0 Å². The van der Waals surface area contributed by atoms with Crippen LogP contribution in [0.2, 0.25) is 0 Å². The van der Waals surface area contributed by atoms with Crippen molar-refractivity contribution < 1.29 is 9.18 Å². The number of carbonyl (C=O) groups is 1. The molecule has 1 atom stereocenters. The van der Waals surface area contributed by atoms with Crippen molar-refractivity contribution in [1.29, 1.82) is 0 Å². The molecule has 0 aliphatic heterocycles. The van der Waals surface area contributed by atoms with Gasteiger partial charge in [0.25, 0.3) is 0 Å². The summed E-state index contributed by atoms with van der Waals surface area (Å²) in [5.74, 6) is -0.696. The average molecular weight is 247 g/mol. The maximum Gasteiger partial charge on any atom is 0.235 e. The molecular weight excluding hydrogens is 231 g/mol. The zero-order valence-electron chi connectivity index (χ0n) is 9.31. The Kier molecular flexibility index (Phi) is 6.00. The molecule has 16 heavy (non-hydrogen) atoms. The van der Waals surface area contributed by atoms with E-state index >= 15 is 0 Å². The van der Waals surface area contributed by atoms with Crippen LogP contribution in [0.3, 0.4) is 0 Å². The highest BCUT2D eigenvalue weighted by atomic mass is 35.5. The summed E-state index contributed by atoms with van der Waals surface area (Å²) in [7, 11) is 3.55. The molecule has 0 fully saturated rings. The first kappa shape index (κ1) is 14.9. The Balaban J connectivity index is 0.00000225. The van der Waals surface area contributed by atoms with Crippen LogP contribution in [0.4, 0.5) is 4.39 Å². The molecule has 0 aliphatic rings. The van der Waals surface area contributed by atoms with Crippen LogP contribution < -0.4 is 5.73 Å². The van der Waals surface area contributed by atoms with E-state index in [1.54, 1.807) is 31.1 Å². The second-order valence-electron chi connectivity index (χ2n) is 3.72. The predicted octanol–water partition coefficient (Wildman–Crippen LogP) is 1.21. The molecule has 0 aliphatic carbocycles. The molecule has 0 saturated heterocycles. The summed E-state index contributed by atoms with van der Waals surface area (Å²) in [6.45, 7) is 0. The number of hydrogen-bond acceptors (Lipinski definition) is 2. The fourth-order valence-electron chi connectivity index (χ4n) is 1.42. The fourth-order valence-corrected chi connectivity index (χ4v) is 1.42. The maximum absolute atomic E-state index is 12.9. The Morgan fingerprint density at radius 2 is 2.12 bits per heavy atom. The van der Waals surface area contributed by atoms with Gasteiger partial charge in [-0.15, -0.1) is 12.4 Å². The van der Waals surface area contributed by atoms with Crippen LogP contribution in [0.1, 0.15) is 5.56 Å². The number of nitrogens with zero attached hydrogens (tertiary/aromatic N) is 1. The SMILES string of the molecule is CN(C)[C@@H](Cc1cccc(F)c1)C(N)=O.Cl. The van der Waals surface area contributed by atoms with Crippen molar-refractivity contribution in [2.24, 2.45) is 5.73 Å². The highest BCUT2D eigenvalue weighted by Gasteiger charge is 2.18. The highest BCUT2D eigenvalue weighted by molar-refractivity contribution is 5.85. The third-order valence-corrected chi connectivity index (χ3v) is 2.27. The Morgan fingerprint density at radius 1 is 1.50 bits per heavy atom. The Labute approximate surface area is 101 Å². The van der Waals surface area contributed by atoms with Gasteiger partial charge in [0.05, 0.1) is 6.04 Å². The first-order chi connectivity index (χ1) is 7.00. The molecule has 0 spiro atoms. The number of benzene rings is 1. The number of likely N-dealkylation sites (N-methyl/N-ethyl adjacent to an activating group) is 1. The lowest BCUT2D eigenvalue weighted by molar-refractivity contribution is -0.122. The molecule has 2 N–H and O–H groups in total. The molecule has 0 saturated carbocycles. The highest BCUT2D eigenvalue weighted by Crippen LogP contribution is 2.08. The molecule has 0 bridgehead atoms. The second kappa shape index (κ2) is 6.45. The van der Waals surface area contributed by atoms with Crippen LogP contribution in [-0.4, -0.2) is 30.9 Å². The topological polar surface area (TPSA) is 46.3 Å². The Morgan fingerprint density at radius 3 is 2.56 bits per heavy atom. The Hall–Kier alpha value is -1.13. The standard InChI is InChI=1S/C11H15FN2O.ClH/c1-14(2)10(11(13)15)7-8-4-3-5-9(12)6-8;/h3-6,10H,7H2,1-2H3,(H2,13,15);1H/t10-;/m0./s1. The van der Waals surface area contributed by atoms with Crippen molar-refractivity contribution >= 4 is 18.3 Å². The van der Waals surface area contributed by atoms with Crippen LogP contribution in [-0.2, 0) is 11.2 Å². The van der Waals surface area contributed by atoms with Gasteiger partial charge in [0.2, 0.25) is 5.91 Å². The van der Waals surface area contributed by atoms with Gasteiger partial charge in [-0.25, -0.2) is 4.39 Å². The normalized spacial score (nSPS) is 12.0. The summed E-state index contributed by atoms with van der Waals surface area (Å²) >= 11 is 0. The van der Waals surface area contributed by atoms with Gasteiger partial charge in [-0.1, -0.05) is 12.1 Å². The largest absolute Gasteiger partial charge is 0.368 e. The minimum Gasteiger partial charge on any atom is -0.368 e. The number of hydrogen-bond donors (Lipinski definition) is 1. The maximum atomic E-state index is 12.9. The third-order valence-electron chi connectivity index (χ3n) is 2.27. The summed E-state index contributed by atoms with van der Waals surface area (Å²) in [5, 5.41) is 0. The van der Waals surface area contributed by atoms with Gasteiger partial charge in [0.1, 0.15) is 5.82 Å². The molecule has 1 amide bonds. The van der Waals surface area contributed by atoms with Crippen LogP contribution in [0.25, 0.3) is 0 Å². The second-order valence-corrected chi connectivity index (χ2v) is 3.72. The lowest BCUT2D eigenvalue weighted by atomic mass is 10.0. The summed E-state index contributed by atoms with van der Waals surface area (Å²) in [6, 6.07) is 5.80. The van der Waals surface area contributed by atoms with E-state index in [0.29, 0.717) is 6.42 Å². The van der Waals surface area contributed by atoms with E-state index in [9.17, 15) is 9.18 Å². The monoisotopic (exact) mass is 246 g/mol. The van der Waals surface area contributed by atoms with Crippen molar-refractivity contribution in [3.8, 4) is 0 Å². The molecule has 3 nitrogen and oxygen atoms in total. The molecule has 90 valence electrons. The molecule has 0 aromatic heterocycles. The fraction of sp³-hybridized carbons (Fsp3) is 0.364. The van der Waals surface area contributed by atoms with Crippen LogP contribution in [0, 0.1) is 5.82 Å². The number of nitrogens with two attached hydrogens (primary N) is 1. The third kappa shape index (κ3) is 4.16. The summed E-state index contributed by atoms with van der Waals surface area (Å²) < 4.78 is 12.9. The van der Waals surface area contributed by atoms with Crippen molar-refractivity contribution in [2.75, 3.05) is 14.1 Å². The number of rotatable bonds is 4. The van der Waals surface area contributed by atoms with Crippen molar-refractivity contribution in [1.82, 2.24) is 4.90 Å². The summed E-state index contributed by atoms with van der Waals surface area (Å²) in [6.07, 6.45) is 0.431. The number of amides is 1. The van der Waals surface area contributed by atoms with E-state index in [2.05, 4.69) is 0 Å². The minimum atomic E-state index is -0.399. The lowest BCUT2D eigenvalue weighted by Crippen LogP contribution is -2.41. The van der Waals surface area contributed by atoms with Crippen molar-refractivity contribution in [3.05, 3.63) is 35.6 Å². The van der Waals surface area contributed by atoms with Gasteiger partial charge in [0.15, 0.2) is 0 Å². The zero-order chi connectivity index (χ0) is 11.4. The zero-order valence-corrected chi connectivity index (χ0v) is 10.1. The van der Waals surface area contributed by atoms with Gasteiger partial charge in [-0.05, 0) is 38.2 Å². The van der Waals surface area contributed by atoms with E-state index in [4.69, 9.17) is 5.73 Å². The van der Waals surface area contributed by atoms with Crippen LogP contribution in [0.5, 0.6) is 0 Å². The molecule has 1 aromatic carbocycles. The average Bonchev–Trinajstić information content (AvgIpc) is 2.13. The number of primary amides is 1. The Bertz CT molecular complexity index is 358. The lowest BCUT2D eigenvalue weighted by Gasteiger charge is -2.20. The molecule has 5 heteroatoms. The van der Waals surface area contributed by atoms with Crippen molar-refractivity contribution in [2.45, 2.75) is 12.5 Å². The van der Waals surface area contributed by atoms with Gasteiger partial charge in [0, 0.05) is 0 Å². The van der Waals surface area contributed by atoms with E-state index in [1.807, 2.05) is 0 Å². The van der Waals surface area contributed by atoms with Gasteiger partial charge >= 0.3 is 0 Å². The molecule has 1 rings (SSSR count). The summed E-state index contributed by atoms with van der Waals surface area (Å²) in [5.41, 5.74) is 6.02. The van der Waals surface area contributed by atoms with Gasteiger partial charge in [-0.2, -0.15) is 0 Å². The minimum absolute atomic E-state index is 0.